The number of carbonyl (C=O) groups excluding carboxylic acids is 3. The molecule has 34 heavy (non-hydrogen) atoms. The molecule has 3 N–H and O–H groups in total. The number of carbonyl (C=O) groups is 3. The van der Waals surface area contributed by atoms with Gasteiger partial charge in [-0.05, 0) is 50.1 Å². The predicted octanol–water partition coefficient (Wildman–Crippen LogP) is 3.42. The number of alkyl carbamates (subject to hydrolysis) is 1. The van der Waals surface area contributed by atoms with Crippen molar-refractivity contribution in [3.63, 3.8) is 0 Å². The smallest absolute Gasteiger partial charge is 0.407 e. The van der Waals surface area contributed by atoms with Crippen molar-refractivity contribution in [2.24, 2.45) is 0 Å². The molecule has 0 aliphatic carbocycles. The number of methoxy groups -OCH3 is 2. The van der Waals surface area contributed by atoms with E-state index in [0.29, 0.717) is 17.2 Å². The summed E-state index contributed by atoms with van der Waals surface area (Å²) in [7, 11) is 3.10. The Morgan fingerprint density at radius 2 is 1.59 bits per heavy atom. The molecule has 3 amide bonds. The molecule has 0 saturated carbocycles. The summed E-state index contributed by atoms with van der Waals surface area (Å²) in [6.45, 7) is 5.69. The Kier molecular flexibility index (Phi) is 9.73. The van der Waals surface area contributed by atoms with Crippen molar-refractivity contribution in [1.29, 1.82) is 0 Å². The summed E-state index contributed by atoms with van der Waals surface area (Å²) in [6, 6.07) is 12.5. The van der Waals surface area contributed by atoms with Crippen LogP contribution in [0.15, 0.2) is 42.5 Å². The number of anilines is 1. The highest BCUT2D eigenvalue weighted by Crippen LogP contribution is 2.27. The molecule has 184 valence electrons. The molecule has 2 aromatic rings. The van der Waals surface area contributed by atoms with Crippen LogP contribution in [0.1, 0.15) is 38.3 Å². The molecule has 2 aromatic carbocycles. The molecule has 0 aliphatic heterocycles. The number of hydrogen-bond donors (Lipinski definition) is 3. The molecule has 2 rings (SSSR count). The van der Waals surface area contributed by atoms with Gasteiger partial charge in [-0.2, -0.15) is 0 Å². The van der Waals surface area contributed by atoms with Gasteiger partial charge < -0.3 is 30.2 Å². The fourth-order valence-electron chi connectivity index (χ4n) is 3.03. The Labute approximate surface area is 200 Å². The second kappa shape index (κ2) is 12.5. The molecule has 0 saturated heterocycles. The third-order valence-corrected chi connectivity index (χ3v) is 4.60. The van der Waals surface area contributed by atoms with Crippen LogP contribution < -0.4 is 25.4 Å². The largest absolute Gasteiger partial charge is 0.493 e. The predicted molar refractivity (Wildman–Crippen MR) is 129 cm³/mol. The van der Waals surface area contributed by atoms with Gasteiger partial charge in [-0.3, -0.25) is 9.59 Å². The lowest BCUT2D eigenvalue weighted by Gasteiger charge is -2.19. The highest BCUT2D eigenvalue weighted by atomic mass is 16.6. The number of benzene rings is 2. The second-order valence-electron chi connectivity index (χ2n) is 8.53. The molecule has 0 aromatic heterocycles. The molecule has 0 aliphatic rings. The monoisotopic (exact) mass is 471 g/mol. The lowest BCUT2D eigenvalue weighted by atomic mass is 10.1. The SMILES string of the molecule is COc1ccc(CC(=O)NCc2ccccc2NC(=O)CCNC(=O)OC(C)(C)C)cc1OC. The number of para-hydroxylation sites is 1. The van der Waals surface area contributed by atoms with Gasteiger partial charge in [0.25, 0.3) is 0 Å². The summed E-state index contributed by atoms with van der Waals surface area (Å²) in [5, 5.41) is 8.25. The molecular weight excluding hydrogens is 438 g/mol. The standard InChI is InChI=1S/C25H33N3O6/c1-25(2,3)34-24(31)26-13-12-22(29)28-19-9-7-6-8-18(19)16-27-23(30)15-17-10-11-20(32-4)21(14-17)33-5/h6-11,14H,12-13,15-16H2,1-5H3,(H,26,31)(H,27,30)(H,28,29). The Hall–Kier alpha value is -3.75. The van der Waals surface area contributed by atoms with Crippen molar-refractivity contribution in [2.45, 2.75) is 45.8 Å². The topological polar surface area (TPSA) is 115 Å². The lowest BCUT2D eigenvalue weighted by molar-refractivity contribution is -0.120. The van der Waals surface area contributed by atoms with Crippen LogP contribution in [0.3, 0.4) is 0 Å². The van der Waals surface area contributed by atoms with Crippen LogP contribution in [-0.4, -0.2) is 44.3 Å². The number of nitrogens with one attached hydrogen (secondary N) is 3. The minimum Gasteiger partial charge on any atom is -0.493 e. The van der Waals surface area contributed by atoms with E-state index >= 15 is 0 Å². The van der Waals surface area contributed by atoms with Crippen LogP contribution in [-0.2, 0) is 27.3 Å². The number of hydrogen-bond acceptors (Lipinski definition) is 6. The van der Waals surface area contributed by atoms with Gasteiger partial charge in [0.2, 0.25) is 11.8 Å². The minimum absolute atomic E-state index is 0.0826. The fraction of sp³-hybridized carbons (Fsp3) is 0.400. The molecule has 0 unspecified atom stereocenters. The average Bonchev–Trinajstić information content (AvgIpc) is 2.77. The molecule has 9 nitrogen and oxygen atoms in total. The quantitative estimate of drug-likeness (QED) is 0.489. The Balaban J connectivity index is 1.86. The first-order valence-corrected chi connectivity index (χ1v) is 10.9. The first-order chi connectivity index (χ1) is 16.1. The van der Waals surface area contributed by atoms with E-state index in [2.05, 4.69) is 16.0 Å². The maximum absolute atomic E-state index is 12.5. The highest BCUT2D eigenvalue weighted by Gasteiger charge is 2.16. The van der Waals surface area contributed by atoms with Gasteiger partial charge in [0, 0.05) is 25.2 Å². The van der Waals surface area contributed by atoms with E-state index in [1.165, 1.54) is 0 Å². The first-order valence-electron chi connectivity index (χ1n) is 10.9. The zero-order chi connectivity index (χ0) is 25.1. The van der Waals surface area contributed by atoms with Crippen molar-refractivity contribution in [2.75, 3.05) is 26.1 Å². The normalized spacial score (nSPS) is 10.7. The van der Waals surface area contributed by atoms with Crippen molar-refractivity contribution < 1.29 is 28.6 Å². The summed E-state index contributed by atoms with van der Waals surface area (Å²) in [6.07, 6.45) is -0.317. The molecule has 0 heterocycles. The van der Waals surface area contributed by atoms with Gasteiger partial charge >= 0.3 is 6.09 Å². The molecule has 0 radical (unpaired) electrons. The Morgan fingerprint density at radius 1 is 0.882 bits per heavy atom. The van der Waals surface area contributed by atoms with Gasteiger partial charge in [0.05, 0.1) is 20.6 Å². The molecular formula is C25H33N3O6. The van der Waals surface area contributed by atoms with Crippen molar-refractivity contribution >= 4 is 23.6 Å². The molecule has 9 heteroatoms. The third-order valence-electron chi connectivity index (χ3n) is 4.60. The number of amides is 3. The van der Waals surface area contributed by atoms with Crippen molar-refractivity contribution in [3.05, 3.63) is 53.6 Å². The number of ether oxygens (including phenoxy) is 3. The lowest BCUT2D eigenvalue weighted by Crippen LogP contribution is -2.34. The van der Waals surface area contributed by atoms with Crippen LogP contribution >= 0.6 is 0 Å². The van der Waals surface area contributed by atoms with Gasteiger partial charge in [-0.1, -0.05) is 24.3 Å². The third kappa shape index (κ3) is 9.01. The van der Waals surface area contributed by atoms with Crippen LogP contribution in [0.5, 0.6) is 11.5 Å². The van der Waals surface area contributed by atoms with Crippen LogP contribution in [0, 0.1) is 0 Å². The van der Waals surface area contributed by atoms with E-state index in [0.717, 1.165) is 11.1 Å². The highest BCUT2D eigenvalue weighted by molar-refractivity contribution is 5.92. The summed E-state index contributed by atoms with van der Waals surface area (Å²) in [5.74, 6) is 0.717. The van der Waals surface area contributed by atoms with E-state index in [4.69, 9.17) is 14.2 Å². The Morgan fingerprint density at radius 3 is 2.26 bits per heavy atom. The van der Waals surface area contributed by atoms with Crippen LogP contribution in [0.2, 0.25) is 0 Å². The molecule has 0 atom stereocenters. The van der Waals surface area contributed by atoms with Crippen LogP contribution in [0.25, 0.3) is 0 Å². The van der Waals surface area contributed by atoms with Gasteiger partial charge in [0.1, 0.15) is 5.60 Å². The second-order valence-corrected chi connectivity index (χ2v) is 8.53. The van der Waals surface area contributed by atoms with Gasteiger partial charge in [-0.15, -0.1) is 0 Å². The number of rotatable bonds is 10. The van der Waals surface area contributed by atoms with E-state index in [9.17, 15) is 14.4 Å². The maximum atomic E-state index is 12.5. The van der Waals surface area contributed by atoms with Crippen LogP contribution in [0.4, 0.5) is 10.5 Å². The zero-order valence-electron chi connectivity index (χ0n) is 20.3. The molecule has 0 spiro atoms. The van der Waals surface area contributed by atoms with E-state index in [1.54, 1.807) is 65.3 Å². The van der Waals surface area contributed by atoms with Crippen molar-refractivity contribution in [3.8, 4) is 11.5 Å². The summed E-state index contributed by atoms with van der Waals surface area (Å²) in [4.78, 5) is 36.4. The van der Waals surface area contributed by atoms with Crippen molar-refractivity contribution in [1.82, 2.24) is 10.6 Å². The maximum Gasteiger partial charge on any atom is 0.407 e. The van der Waals surface area contributed by atoms with E-state index in [1.807, 2.05) is 12.1 Å². The zero-order valence-corrected chi connectivity index (χ0v) is 20.3. The minimum atomic E-state index is -0.602. The first kappa shape index (κ1) is 26.5. The van der Waals surface area contributed by atoms with E-state index in [-0.39, 0.29) is 37.7 Å². The van der Waals surface area contributed by atoms with E-state index < -0.39 is 11.7 Å². The molecule has 0 bridgehead atoms. The average molecular weight is 472 g/mol. The summed E-state index contributed by atoms with van der Waals surface area (Å²) >= 11 is 0. The summed E-state index contributed by atoms with van der Waals surface area (Å²) in [5.41, 5.74) is 1.54. The molecule has 0 fully saturated rings. The van der Waals surface area contributed by atoms with Gasteiger partial charge in [-0.25, -0.2) is 4.79 Å². The fourth-order valence-corrected chi connectivity index (χ4v) is 3.03. The van der Waals surface area contributed by atoms with Gasteiger partial charge in [0.15, 0.2) is 11.5 Å². The summed E-state index contributed by atoms with van der Waals surface area (Å²) < 4.78 is 15.6. The Bertz CT molecular complexity index is 1000.